The molecule has 2 aromatic carbocycles. The van der Waals surface area contributed by atoms with Crippen molar-refractivity contribution in [3.63, 3.8) is 0 Å². The molecule has 2 rings (SSSR count). The molecule has 0 radical (unpaired) electrons. The quantitative estimate of drug-likeness (QED) is 0.607. The van der Waals surface area contributed by atoms with Gasteiger partial charge in [-0.1, -0.05) is 26.0 Å². The molecule has 4 heteroatoms. The fourth-order valence-corrected chi connectivity index (χ4v) is 2.24. The molecule has 0 aliphatic rings. The number of nitro benzene ring substituents is 1. The fourth-order valence-electron chi connectivity index (χ4n) is 2.24. The molecule has 0 aliphatic carbocycles. The highest BCUT2D eigenvalue weighted by atomic mass is 19.1. The Morgan fingerprint density at radius 2 is 1.80 bits per heavy atom. The molecule has 2 aromatic rings. The van der Waals surface area contributed by atoms with Crippen LogP contribution < -0.4 is 0 Å². The minimum Gasteiger partial charge on any atom is -0.258 e. The van der Waals surface area contributed by atoms with Crippen LogP contribution in [-0.4, -0.2) is 4.92 Å². The molecule has 0 spiro atoms. The van der Waals surface area contributed by atoms with Crippen molar-refractivity contribution in [2.24, 2.45) is 0 Å². The Labute approximate surface area is 117 Å². The van der Waals surface area contributed by atoms with Crippen molar-refractivity contribution in [1.82, 2.24) is 0 Å². The van der Waals surface area contributed by atoms with Gasteiger partial charge in [-0.3, -0.25) is 10.1 Å². The first-order valence-electron chi connectivity index (χ1n) is 6.63. The number of hydrogen-bond acceptors (Lipinski definition) is 2. The summed E-state index contributed by atoms with van der Waals surface area (Å²) in [5, 5.41) is 10.9. The average Bonchev–Trinajstić information content (AvgIpc) is 2.47. The summed E-state index contributed by atoms with van der Waals surface area (Å²) in [7, 11) is 0. The number of aryl methyl sites for hydroxylation is 2. The molecule has 0 N–H and O–H groups in total. The van der Waals surface area contributed by atoms with E-state index in [9.17, 15) is 14.5 Å². The molecule has 104 valence electrons. The van der Waals surface area contributed by atoms with Crippen LogP contribution in [0.4, 0.5) is 10.1 Å². The highest BCUT2D eigenvalue weighted by molar-refractivity contribution is 5.71. The van der Waals surface area contributed by atoms with Crippen molar-refractivity contribution in [1.29, 1.82) is 0 Å². The third kappa shape index (κ3) is 2.69. The Hall–Kier alpha value is -2.23. The zero-order valence-electron chi connectivity index (χ0n) is 11.5. The summed E-state index contributed by atoms with van der Waals surface area (Å²) < 4.78 is 14.1. The summed E-state index contributed by atoms with van der Waals surface area (Å²) in [6.07, 6.45) is 1.49. The van der Waals surface area contributed by atoms with Crippen LogP contribution in [0, 0.1) is 15.9 Å². The monoisotopic (exact) mass is 273 g/mol. The maximum atomic E-state index is 14.1. The second-order valence-electron chi connectivity index (χ2n) is 4.62. The van der Waals surface area contributed by atoms with Gasteiger partial charge in [0.05, 0.1) is 4.92 Å². The van der Waals surface area contributed by atoms with Gasteiger partial charge in [-0.25, -0.2) is 4.39 Å². The molecule has 0 bridgehead atoms. The maximum Gasteiger partial charge on any atom is 0.270 e. The molecule has 0 aliphatic heterocycles. The van der Waals surface area contributed by atoms with Gasteiger partial charge in [0.15, 0.2) is 0 Å². The van der Waals surface area contributed by atoms with Gasteiger partial charge in [-0.2, -0.15) is 0 Å². The lowest BCUT2D eigenvalue weighted by Crippen LogP contribution is -1.95. The van der Waals surface area contributed by atoms with E-state index in [0.717, 1.165) is 17.5 Å². The third-order valence-electron chi connectivity index (χ3n) is 3.41. The predicted molar refractivity (Wildman–Crippen MR) is 77.2 cm³/mol. The number of non-ortho nitro benzene ring substituents is 1. The average molecular weight is 273 g/mol. The normalized spacial score (nSPS) is 10.6. The van der Waals surface area contributed by atoms with E-state index in [1.54, 1.807) is 18.2 Å². The summed E-state index contributed by atoms with van der Waals surface area (Å²) >= 11 is 0. The summed E-state index contributed by atoms with van der Waals surface area (Å²) in [5.74, 6) is -0.350. The fraction of sp³-hybridized carbons (Fsp3) is 0.250. The molecular formula is C16H16FNO2. The second kappa shape index (κ2) is 5.82. The van der Waals surface area contributed by atoms with Crippen LogP contribution in [-0.2, 0) is 12.8 Å². The van der Waals surface area contributed by atoms with Crippen LogP contribution in [0.1, 0.15) is 25.0 Å². The number of halogens is 1. The molecule has 3 nitrogen and oxygen atoms in total. The van der Waals surface area contributed by atoms with Crippen molar-refractivity contribution in [3.05, 3.63) is 63.5 Å². The molecule has 0 unspecified atom stereocenters. The zero-order chi connectivity index (χ0) is 14.7. The molecule has 0 heterocycles. The van der Waals surface area contributed by atoms with E-state index in [1.165, 1.54) is 18.2 Å². The Morgan fingerprint density at radius 1 is 1.05 bits per heavy atom. The largest absolute Gasteiger partial charge is 0.270 e. The van der Waals surface area contributed by atoms with Crippen molar-refractivity contribution in [3.8, 4) is 11.1 Å². The second-order valence-corrected chi connectivity index (χ2v) is 4.62. The van der Waals surface area contributed by atoms with E-state index in [1.807, 2.05) is 13.8 Å². The van der Waals surface area contributed by atoms with Crippen LogP contribution in [0.25, 0.3) is 11.1 Å². The minimum atomic E-state index is -0.454. The topological polar surface area (TPSA) is 43.1 Å². The van der Waals surface area contributed by atoms with Crippen LogP contribution in [0.15, 0.2) is 36.4 Å². The predicted octanol–water partition coefficient (Wildman–Crippen LogP) is 4.53. The lowest BCUT2D eigenvalue weighted by atomic mass is 9.95. The number of rotatable bonds is 4. The van der Waals surface area contributed by atoms with Gasteiger partial charge in [0.2, 0.25) is 0 Å². The van der Waals surface area contributed by atoms with Gasteiger partial charge in [0, 0.05) is 17.7 Å². The molecule has 0 saturated heterocycles. The number of benzene rings is 2. The Bertz CT molecular complexity index is 653. The first-order chi connectivity index (χ1) is 9.56. The molecule has 20 heavy (non-hydrogen) atoms. The highest BCUT2D eigenvalue weighted by Gasteiger charge is 2.14. The summed E-state index contributed by atoms with van der Waals surface area (Å²) in [6, 6.07) is 9.55. The number of hydrogen-bond donors (Lipinski definition) is 0. The molecule has 0 atom stereocenters. The van der Waals surface area contributed by atoms with Gasteiger partial charge in [-0.15, -0.1) is 0 Å². The standard InChI is InChI=1S/C16H16FNO2/c1-3-11-5-8-16(17)15(9-11)14-10-13(18(19)20)7-6-12(14)4-2/h5-10H,3-4H2,1-2H3. The van der Waals surface area contributed by atoms with Crippen LogP contribution >= 0.6 is 0 Å². The third-order valence-corrected chi connectivity index (χ3v) is 3.41. The number of nitro groups is 1. The summed E-state index contributed by atoms with van der Waals surface area (Å²) in [6.45, 7) is 3.94. The van der Waals surface area contributed by atoms with E-state index in [2.05, 4.69) is 0 Å². The molecule has 0 fully saturated rings. The lowest BCUT2D eigenvalue weighted by molar-refractivity contribution is -0.384. The molecular weight excluding hydrogens is 257 g/mol. The van der Waals surface area contributed by atoms with Crippen LogP contribution in [0.5, 0.6) is 0 Å². The first kappa shape index (κ1) is 14.2. The number of nitrogens with zero attached hydrogens (tertiary/aromatic N) is 1. The Kier molecular flexibility index (Phi) is 4.13. The zero-order valence-corrected chi connectivity index (χ0v) is 11.5. The van der Waals surface area contributed by atoms with E-state index in [0.29, 0.717) is 17.5 Å². The Morgan fingerprint density at radius 3 is 2.40 bits per heavy atom. The smallest absolute Gasteiger partial charge is 0.258 e. The van der Waals surface area contributed by atoms with Crippen LogP contribution in [0.3, 0.4) is 0 Å². The summed E-state index contributed by atoms with van der Waals surface area (Å²) in [5.41, 5.74) is 2.94. The van der Waals surface area contributed by atoms with Crippen molar-refractivity contribution >= 4 is 5.69 Å². The van der Waals surface area contributed by atoms with Crippen molar-refractivity contribution < 1.29 is 9.31 Å². The SMILES string of the molecule is CCc1ccc(F)c(-c2cc([N+](=O)[O-])ccc2CC)c1. The van der Waals surface area contributed by atoms with Gasteiger partial charge in [0.1, 0.15) is 5.82 Å². The minimum absolute atomic E-state index is 0.0153. The van der Waals surface area contributed by atoms with Crippen molar-refractivity contribution in [2.45, 2.75) is 26.7 Å². The van der Waals surface area contributed by atoms with E-state index in [-0.39, 0.29) is 11.5 Å². The van der Waals surface area contributed by atoms with Gasteiger partial charge >= 0.3 is 0 Å². The Balaban J connectivity index is 2.66. The lowest BCUT2D eigenvalue weighted by Gasteiger charge is -2.10. The van der Waals surface area contributed by atoms with Gasteiger partial charge in [0.25, 0.3) is 5.69 Å². The summed E-state index contributed by atoms with van der Waals surface area (Å²) in [4.78, 5) is 10.5. The first-order valence-corrected chi connectivity index (χ1v) is 6.63. The molecule has 0 saturated carbocycles. The van der Waals surface area contributed by atoms with E-state index < -0.39 is 4.92 Å². The van der Waals surface area contributed by atoms with Crippen LogP contribution in [0.2, 0.25) is 0 Å². The highest BCUT2D eigenvalue weighted by Crippen LogP contribution is 2.31. The van der Waals surface area contributed by atoms with Gasteiger partial charge in [-0.05, 0) is 41.7 Å². The van der Waals surface area contributed by atoms with E-state index in [4.69, 9.17) is 0 Å². The maximum absolute atomic E-state index is 14.1. The van der Waals surface area contributed by atoms with Gasteiger partial charge < -0.3 is 0 Å². The molecule has 0 amide bonds. The van der Waals surface area contributed by atoms with Crippen molar-refractivity contribution in [2.75, 3.05) is 0 Å². The molecule has 0 aromatic heterocycles. The van der Waals surface area contributed by atoms with E-state index >= 15 is 0 Å².